The van der Waals surface area contributed by atoms with Gasteiger partial charge in [-0.15, -0.1) is 0 Å². The van der Waals surface area contributed by atoms with Crippen LogP contribution in [0, 0.1) is 0 Å². The molecule has 10 heteroatoms. The number of nitrogens with zero attached hydrogens (tertiary/aromatic N) is 1. The third-order valence-electron chi connectivity index (χ3n) is 4.93. The molecule has 1 saturated heterocycles. The van der Waals surface area contributed by atoms with Crippen molar-refractivity contribution in [3.63, 3.8) is 0 Å². The van der Waals surface area contributed by atoms with Crippen LogP contribution < -0.4 is 10.1 Å². The average Bonchev–Trinajstić information content (AvgIpc) is 3.09. The van der Waals surface area contributed by atoms with Crippen molar-refractivity contribution in [2.45, 2.75) is 6.54 Å². The van der Waals surface area contributed by atoms with Gasteiger partial charge in [0.1, 0.15) is 5.75 Å². The average molecular weight is 548 g/mol. The third kappa shape index (κ3) is 6.38. The molecule has 1 N–H and O–H groups in total. The summed E-state index contributed by atoms with van der Waals surface area (Å²) in [5, 5.41) is 3.66. The lowest BCUT2D eigenvalue weighted by Crippen LogP contribution is -2.27. The Bertz CT molecular complexity index is 1290. The number of amides is 3. The molecule has 0 atom stereocenters. The summed E-state index contributed by atoms with van der Waals surface area (Å²) in [4.78, 5) is 38.7. The molecule has 0 saturated carbocycles. The Morgan fingerprint density at radius 1 is 0.943 bits per heavy atom. The number of hydrogen-bond acceptors (Lipinski definition) is 5. The zero-order chi connectivity index (χ0) is 24.9. The van der Waals surface area contributed by atoms with E-state index in [1.54, 1.807) is 72.8 Å². The number of carbonyl (C=O) groups excluding carboxylic acids is 3. The van der Waals surface area contributed by atoms with Gasteiger partial charge in [-0.3, -0.25) is 19.3 Å². The summed E-state index contributed by atoms with van der Waals surface area (Å²) in [6.07, 6.45) is 1.62. The van der Waals surface area contributed by atoms with Crippen molar-refractivity contribution >= 4 is 75.4 Å². The maximum Gasteiger partial charge on any atom is 0.293 e. The SMILES string of the molecule is O=C(COc1ccc(/C=C2\SC(=O)N(Cc3c(Cl)cccc3Cl)C2=O)cc1)Nc1ccc(Cl)cc1. The van der Waals surface area contributed by atoms with Gasteiger partial charge in [0.2, 0.25) is 0 Å². The molecule has 3 amide bonds. The van der Waals surface area contributed by atoms with Crippen molar-refractivity contribution in [3.8, 4) is 5.75 Å². The summed E-state index contributed by atoms with van der Waals surface area (Å²) >= 11 is 19.0. The Morgan fingerprint density at radius 3 is 2.26 bits per heavy atom. The number of halogens is 3. The maximum absolute atomic E-state index is 12.8. The number of carbonyl (C=O) groups is 3. The molecule has 4 rings (SSSR count). The quantitative estimate of drug-likeness (QED) is 0.326. The minimum Gasteiger partial charge on any atom is -0.484 e. The Labute approximate surface area is 220 Å². The minimum absolute atomic E-state index is 0.00856. The molecule has 0 radical (unpaired) electrons. The van der Waals surface area contributed by atoms with Crippen LogP contribution in [0.1, 0.15) is 11.1 Å². The Kier molecular flexibility index (Phi) is 8.03. The van der Waals surface area contributed by atoms with E-state index in [0.717, 1.165) is 16.7 Å². The van der Waals surface area contributed by atoms with Gasteiger partial charge in [-0.25, -0.2) is 0 Å². The topological polar surface area (TPSA) is 75.7 Å². The van der Waals surface area contributed by atoms with Crippen LogP contribution in [0.2, 0.25) is 15.1 Å². The summed E-state index contributed by atoms with van der Waals surface area (Å²) < 4.78 is 5.51. The van der Waals surface area contributed by atoms with Gasteiger partial charge in [-0.2, -0.15) is 0 Å². The van der Waals surface area contributed by atoms with E-state index >= 15 is 0 Å². The first-order valence-electron chi connectivity index (χ1n) is 10.3. The Morgan fingerprint density at radius 2 is 1.60 bits per heavy atom. The normalized spacial score (nSPS) is 14.5. The van der Waals surface area contributed by atoms with E-state index in [1.807, 2.05) is 0 Å². The van der Waals surface area contributed by atoms with Crippen LogP contribution in [0.15, 0.2) is 71.6 Å². The van der Waals surface area contributed by atoms with Gasteiger partial charge in [-0.1, -0.05) is 53.0 Å². The van der Waals surface area contributed by atoms with Crippen molar-refractivity contribution in [2.24, 2.45) is 0 Å². The Hall–Kier alpha value is -2.97. The molecule has 178 valence electrons. The minimum atomic E-state index is -0.421. The number of ether oxygens (including phenoxy) is 1. The number of rotatable bonds is 7. The number of imide groups is 1. The van der Waals surface area contributed by atoms with Crippen molar-refractivity contribution in [2.75, 3.05) is 11.9 Å². The molecule has 0 bridgehead atoms. The number of hydrogen-bond donors (Lipinski definition) is 1. The van der Waals surface area contributed by atoms with Crippen LogP contribution in [-0.2, 0) is 16.1 Å². The zero-order valence-corrected chi connectivity index (χ0v) is 21.0. The smallest absolute Gasteiger partial charge is 0.293 e. The maximum atomic E-state index is 12.8. The summed E-state index contributed by atoms with van der Waals surface area (Å²) in [5.41, 5.74) is 1.83. The lowest BCUT2D eigenvalue weighted by molar-refractivity contribution is -0.123. The van der Waals surface area contributed by atoms with Crippen LogP contribution in [0.5, 0.6) is 5.75 Å². The first kappa shape index (κ1) is 25.1. The summed E-state index contributed by atoms with van der Waals surface area (Å²) in [7, 11) is 0. The molecule has 1 heterocycles. The highest BCUT2D eigenvalue weighted by Crippen LogP contribution is 2.35. The molecule has 0 aliphatic carbocycles. The standard InChI is InChI=1S/C25H17Cl3N2O4S/c26-16-6-8-17(9-7-16)29-23(31)14-34-18-10-4-15(5-11-18)12-22-24(32)30(25(33)35-22)13-19-20(27)2-1-3-21(19)28/h1-12H,13-14H2,(H,29,31)/b22-12-. The van der Waals surface area contributed by atoms with Crippen LogP contribution in [0.25, 0.3) is 6.08 Å². The van der Waals surface area contributed by atoms with Gasteiger partial charge in [-0.05, 0) is 71.9 Å². The molecule has 6 nitrogen and oxygen atoms in total. The lowest BCUT2D eigenvalue weighted by Gasteiger charge is -2.14. The molecular formula is C25H17Cl3N2O4S. The number of benzene rings is 3. The van der Waals surface area contributed by atoms with E-state index in [4.69, 9.17) is 39.5 Å². The van der Waals surface area contributed by atoms with Crippen molar-refractivity contribution in [1.29, 1.82) is 0 Å². The predicted octanol–water partition coefficient (Wildman–Crippen LogP) is 6.90. The number of thioether (sulfide) groups is 1. The van der Waals surface area contributed by atoms with Gasteiger partial charge >= 0.3 is 0 Å². The molecule has 1 aliphatic rings. The zero-order valence-electron chi connectivity index (χ0n) is 18.0. The molecule has 3 aromatic carbocycles. The molecular weight excluding hydrogens is 531 g/mol. The second-order valence-electron chi connectivity index (χ2n) is 7.38. The third-order valence-corrected chi connectivity index (χ3v) is 6.79. The summed E-state index contributed by atoms with van der Waals surface area (Å²) in [6, 6.07) is 18.6. The number of anilines is 1. The first-order valence-corrected chi connectivity index (χ1v) is 12.2. The highest BCUT2D eigenvalue weighted by atomic mass is 35.5. The van der Waals surface area contributed by atoms with E-state index in [9.17, 15) is 14.4 Å². The largest absolute Gasteiger partial charge is 0.484 e. The van der Waals surface area contributed by atoms with Crippen LogP contribution in [0.3, 0.4) is 0 Å². The van der Waals surface area contributed by atoms with E-state index in [2.05, 4.69) is 5.32 Å². The second-order valence-corrected chi connectivity index (χ2v) is 9.62. The molecule has 1 fully saturated rings. The highest BCUT2D eigenvalue weighted by Gasteiger charge is 2.35. The van der Waals surface area contributed by atoms with Crippen molar-refractivity contribution in [3.05, 3.63) is 97.8 Å². The van der Waals surface area contributed by atoms with E-state index in [0.29, 0.717) is 37.6 Å². The van der Waals surface area contributed by atoms with Gasteiger partial charge in [0.15, 0.2) is 6.61 Å². The van der Waals surface area contributed by atoms with Crippen molar-refractivity contribution in [1.82, 2.24) is 4.90 Å². The fourth-order valence-corrected chi connectivity index (χ4v) is 4.65. The van der Waals surface area contributed by atoms with Gasteiger partial charge in [0, 0.05) is 26.3 Å². The fourth-order valence-electron chi connectivity index (χ4n) is 3.17. The Balaban J connectivity index is 1.36. The van der Waals surface area contributed by atoms with Crippen LogP contribution in [0.4, 0.5) is 10.5 Å². The summed E-state index contributed by atoms with van der Waals surface area (Å²) in [6.45, 7) is -0.184. The molecule has 35 heavy (non-hydrogen) atoms. The number of nitrogens with one attached hydrogen (secondary N) is 1. The second kappa shape index (κ2) is 11.2. The van der Waals surface area contributed by atoms with E-state index < -0.39 is 11.1 Å². The van der Waals surface area contributed by atoms with E-state index in [1.165, 1.54) is 0 Å². The highest BCUT2D eigenvalue weighted by molar-refractivity contribution is 8.18. The monoisotopic (exact) mass is 546 g/mol. The van der Waals surface area contributed by atoms with Gasteiger partial charge in [0.05, 0.1) is 11.4 Å². The van der Waals surface area contributed by atoms with E-state index in [-0.39, 0.29) is 24.0 Å². The predicted molar refractivity (Wildman–Crippen MR) is 140 cm³/mol. The molecule has 1 aliphatic heterocycles. The molecule has 0 unspecified atom stereocenters. The van der Waals surface area contributed by atoms with Crippen LogP contribution in [-0.4, -0.2) is 28.6 Å². The lowest BCUT2D eigenvalue weighted by atomic mass is 10.2. The molecule has 3 aromatic rings. The molecule has 0 aromatic heterocycles. The van der Waals surface area contributed by atoms with Gasteiger partial charge in [0.25, 0.3) is 17.1 Å². The fraction of sp³-hybridized carbons (Fsp3) is 0.0800. The van der Waals surface area contributed by atoms with Crippen LogP contribution >= 0.6 is 46.6 Å². The summed E-state index contributed by atoms with van der Waals surface area (Å²) in [5.74, 6) is -0.256. The van der Waals surface area contributed by atoms with Gasteiger partial charge < -0.3 is 10.1 Å². The van der Waals surface area contributed by atoms with Crippen molar-refractivity contribution < 1.29 is 19.1 Å². The first-order chi connectivity index (χ1) is 16.8. The molecule has 0 spiro atoms.